The van der Waals surface area contributed by atoms with Gasteiger partial charge < -0.3 is 10.4 Å². The van der Waals surface area contributed by atoms with Gasteiger partial charge in [0.2, 0.25) is 5.91 Å². The van der Waals surface area contributed by atoms with E-state index < -0.39 is 5.41 Å². The number of thiazole rings is 1. The largest absolute Gasteiger partial charge is 0.384 e. The molecular formula is C20H24N2O2S. The summed E-state index contributed by atoms with van der Waals surface area (Å²) in [5, 5.41) is 14.2. The molecule has 0 spiro atoms. The zero-order valence-electron chi connectivity index (χ0n) is 14.7. The monoisotopic (exact) mass is 356 g/mol. The first-order valence-electron chi connectivity index (χ1n) is 8.51. The Kier molecular flexibility index (Phi) is 7.17. The highest BCUT2D eigenvalue weighted by Crippen LogP contribution is 2.32. The number of aromatic nitrogens is 1. The van der Waals surface area contributed by atoms with Crippen molar-refractivity contribution in [3.8, 4) is 11.8 Å². The Morgan fingerprint density at radius 1 is 1.32 bits per heavy atom. The molecule has 0 aliphatic rings. The Labute approximate surface area is 153 Å². The van der Waals surface area contributed by atoms with Crippen LogP contribution in [0.5, 0.6) is 0 Å². The first-order chi connectivity index (χ1) is 12.1. The summed E-state index contributed by atoms with van der Waals surface area (Å²) in [6.07, 6.45) is 5.66. The van der Waals surface area contributed by atoms with E-state index in [1.165, 1.54) is 11.3 Å². The van der Waals surface area contributed by atoms with Crippen LogP contribution in [0, 0.1) is 11.8 Å². The molecule has 0 bridgehead atoms. The average Bonchev–Trinajstić information content (AvgIpc) is 3.13. The van der Waals surface area contributed by atoms with Gasteiger partial charge in [0.25, 0.3) is 0 Å². The van der Waals surface area contributed by atoms with Crippen LogP contribution in [0.25, 0.3) is 0 Å². The normalized spacial score (nSPS) is 12.8. The van der Waals surface area contributed by atoms with Gasteiger partial charge in [0.1, 0.15) is 6.61 Å². The maximum Gasteiger partial charge on any atom is 0.236 e. The molecule has 5 heteroatoms. The van der Waals surface area contributed by atoms with Gasteiger partial charge in [0, 0.05) is 17.1 Å². The predicted molar refractivity (Wildman–Crippen MR) is 103 cm³/mol. The Bertz CT molecular complexity index is 729. The van der Waals surface area contributed by atoms with Crippen LogP contribution in [0.3, 0.4) is 0 Å². The summed E-state index contributed by atoms with van der Waals surface area (Å²) < 4.78 is 0. The van der Waals surface area contributed by atoms with E-state index in [-0.39, 0.29) is 12.5 Å². The zero-order valence-corrected chi connectivity index (χ0v) is 15.5. The van der Waals surface area contributed by atoms with E-state index in [2.05, 4.69) is 29.1 Å². The minimum atomic E-state index is -0.621. The van der Waals surface area contributed by atoms with Crippen molar-refractivity contribution < 1.29 is 9.90 Å². The first-order valence-corrected chi connectivity index (χ1v) is 9.39. The topological polar surface area (TPSA) is 62.2 Å². The minimum absolute atomic E-state index is 0.0345. The maximum absolute atomic E-state index is 13.0. The molecule has 4 nitrogen and oxygen atoms in total. The summed E-state index contributed by atoms with van der Waals surface area (Å²) in [6, 6.07) is 7.70. The molecule has 1 atom stereocenters. The summed E-state index contributed by atoms with van der Waals surface area (Å²) in [4.78, 5) is 17.1. The number of carbonyl (C=O) groups excluding carboxylic acids is 1. The maximum atomic E-state index is 13.0. The SMILES string of the molecule is CCCCCC(C)(C(=O)Nc1nccs1)c1ccc(C#CCO)cc1. The fourth-order valence-corrected chi connectivity index (χ4v) is 3.22. The van der Waals surface area contributed by atoms with Crippen molar-refractivity contribution in [2.75, 3.05) is 11.9 Å². The molecule has 2 rings (SSSR count). The van der Waals surface area contributed by atoms with E-state index in [0.29, 0.717) is 5.13 Å². The van der Waals surface area contributed by atoms with Crippen LogP contribution in [0.15, 0.2) is 35.8 Å². The molecule has 2 aromatic rings. The van der Waals surface area contributed by atoms with E-state index in [4.69, 9.17) is 5.11 Å². The van der Waals surface area contributed by atoms with Gasteiger partial charge in [-0.2, -0.15) is 0 Å². The highest BCUT2D eigenvalue weighted by atomic mass is 32.1. The number of hydrogen-bond acceptors (Lipinski definition) is 4. The standard InChI is InChI=1S/C20H24N2O2S/c1-3-4-5-12-20(2,18(24)22-19-21-13-15-25-19)17-10-8-16(9-11-17)7-6-14-23/h8-11,13,15,23H,3-5,12,14H2,1-2H3,(H,21,22,24). The molecule has 0 aliphatic heterocycles. The van der Waals surface area contributed by atoms with Crippen molar-refractivity contribution in [2.24, 2.45) is 0 Å². The second kappa shape index (κ2) is 9.36. The van der Waals surface area contributed by atoms with Gasteiger partial charge in [0.05, 0.1) is 5.41 Å². The van der Waals surface area contributed by atoms with E-state index in [9.17, 15) is 4.79 Å². The van der Waals surface area contributed by atoms with Crippen molar-refractivity contribution in [1.82, 2.24) is 4.98 Å². The number of amides is 1. The van der Waals surface area contributed by atoms with E-state index in [1.807, 2.05) is 36.6 Å². The number of nitrogens with one attached hydrogen (secondary N) is 1. The molecule has 0 aliphatic carbocycles. The van der Waals surface area contributed by atoms with Gasteiger partial charge in [-0.3, -0.25) is 4.79 Å². The summed E-state index contributed by atoms with van der Waals surface area (Å²) >= 11 is 1.42. The van der Waals surface area contributed by atoms with E-state index >= 15 is 0 Å². The Hall–Kier alpha value is -2.16. The second-order valence-corrected chi connectivity index (χ2v) is 7.01. The van der Waals surface area contributed by atoms with Crippen molar-refractivity contribution in [1.29, 1.82) is 0 Å². The molecule has 1 unspecified atom stereocenters. The van der Waals surface area contributed by atoms with Gasteiger partial charge in [-0.15, -0.1) is 11.3 Å². The van der Waals surface area contributed by atoms with Crippen molar-refractivity contribution >= 4 is 22.4 Å². The molecule has 2 N–H and O–H groups in total. The number of benzene rings is 1. The van der Waals surface area contributed by atoms with E-state index in [0.717, 1.165) is 36.8 Å². The third-order valence-electron chi connectivity index (χ3n) is 4.27. The smallest absolute Gasteiger partial charge is 0.236 e. The Morgan fingerprint density at radius 3 is 2.68 bits per heavy atom. The lowest BCUT2D eigenvalue weighted by molar-refractivity contribution is -0.121. The molecule has 0 fully saturated rings. The van der Waals surface area contributed by atoms with Crippen LogP contribution in [-0.4, -0.2) is 22.6 Å². The highest BCUT2D eigenvalue weighted by molar-refractivity contribution is 7.13. The number of hydrogen-bond donors (Lipinski definition) is 2. The number of aliphatic hydroxyl groups excluding tert-OH is 1. The molecule has 1 amide bonds. The Morgan fingerprint density at radius 2 is 2.08 bits per heavy atom. The van der Waals surface area contributed by atoms with Gasteiger partial charge in [-0.1, -0.05) is 50.2 Å². The van der Waals surface area contributed by atoms with Crippen molar-refractivity contribution in [3.05, 3.63) is 47.0 Å². The van der Waals surface area contributed by atoms with Crippen LogP contribution in [0.2, 0.25) is 0 Å². The fraction of sp³-hybridized carbons (Fsp3) is 0.400. The predicted octanol–water partition coefficient (Wildman–Crippen LogP) is 3.96. The minimum Gasteiger partial charge on any atom is -0.384 e. The van der Waals surface area contributed by atoms with Gasteiger partial charge in [-0.05, 0) is 31.0 Å². The number of carbonyl (C=O) groups is 1. The molecule has 25 heavy (non-hydrogen) atoms. The quantitative estimate of drug-likeness (QED) is 0.583. The van der Waals surface area contributed by atoms with E-state index in [1.54, 1.807) is 6.20 Å². The molecule has 0 saturated heterocycles. The van der Waals surface area contributed by atoms with Gasteiger partial charge >= 0.3 is 0 Å². The third-order valence-corrected chi connectivity index (χ3v) is 4.96. The lowest BCUT2D eigenvalue weighted by Crippen LogP contribution is -2.37. The van der Waals surface area contributed by atoms with Crippen molar-refractivity contribution in [2.45, 2.75) is 44.9 Å². The molecule has 0 radical (unpaired) electrons. The average molecular weight is 356 g/mol. The fourth-order valence-electron chi connectivity index (χ4n) is 2.70. The lowest BCUT2D eigenvalue weighted by Gasteiger charge is -2.28. The highest BCUT2D eigenvalue weighted by Gasteiger charge is 2.35. The molecule has 0 saturated carbocycles. The first kappa shape index (κ1) is 19.2. The number of unbranched alkanes of at least 4 members (excludes halogenated alkanes) is 2. The molecule has 1 aromatic heterocycles. The molecular weight excluding hydrogens is 332 g/mol. The Balaban J connectivity index is 2.25. The summed E-state index contributed by atoms with van der Waals surface area (Å²) in [5.74, 6) is 5.48. The zero-order chi connectivity index (χ0) is 18.1. The third kappa shape index (κ3) is 5.15. The van der Waals surface area contributed by atoms with Crippen LogP contribution in [0.1, 0.15) is 50.7 Å². The van der Waals surface area contributed by atoms with Crippen LogP contribution in [-0.2, 0) is 10.2 Å². The summed E-state index contributed by atoms with van der Waals surface area (Å²) in [7, 11) is 0. The molecule has 1 heterocycles. The lowest BCUT2D eigenvalue weighted by atomic mass is 9.77. The van der Waals surface area contributed by atoms with Crippen LogP contribution >= 0.6 is 11.3 Å². The number of rotatable bonds is 7. The van der Waals surface area contributed by atoms with Crippen molar-refractivity contribution in [3.63, 3.8) is 0 Å². The van der Waals surface area contributed by atoms with Gasteiger partial charge in [0.15, 0.2) is 5.13 Å². The second-order valence-electron chi connectivity index (χ2n) is 6.12. The summed E-state index contributed by atoms with van der Waals surface area (Å²) in [6.45, 7) is 3.98. The van der Waals surface area contributed by atoms with Crippen LogP contribution in [0.4, 0.5) is 5.13 Å². The number of anilines is 1. The number of nitrogens with zero attached hydrogens (tertiary/aromatic N) is 1. The molecule has 132 valence electrons. The number of aliphatic hydroxyl groups is 1. The summed E-state index contributed by atoms with van der Waals surface area (Å²) in [5.41, 5.74) is 1.17. The van der Waals surface area contributed by atoms with Gasteiger partial charge in [-0.25, -0.2) is 4.98 Å². The van der Waals surface area contributed by atoms with Crippen LogP contribution < -0.4 is 5.32 Å². The molecule has 1 aromatic carbocycles.